The van der Waals surface area contributed by atoms with E-state index >= 15 is 0 Å². The van der Waals surface area contributed by atoms with Crippen LogP contribution in [0.5, 0.6) is 5.75 Å². The maximum absolute atomic E-state index is 13.0. The Morgan fingerprint density at radius 3 is 2.66 bits per heavy atom. The molecule has 0 aliphatic rings. The number of carbonyl (C=O) groups is 1. The van der Waals surface area contributed by atoms with E-state index in [9.17, 15) is 15.2 Å². The number of rotatable bonds is 9. The number of benzene rings is 2. The first-order chi connectivity index (χ1) is 16.8. The van der Waals surface area contributed by atoms with Crippen LogP contribution in [0.2, 0.25) is 0 Å². The smallest absolute Gasteiger partial charge is 0.251 e. The molecule has 2 aromatic carbocycles. The van der Waals surface area contributed by atoms with Crippen molar-refractivity contribution in [1.82, 2.24) is 14.7 Å². The van der Waals surface area contributed by atoms with Gasteiger partial charge in [0, 0.05) is 34.9 Å². The zero-order valence-electron chi connectivity index (χ0n) is 19.9. The molecule has 4 rings (SSSR count). The quantitative estimate of drug-likeness (QED) is 0.351. The average molecular weight is 489 g/mol. The minimum absolute atomic E-state index is 0.0751. The highest BCUT2D eigenvalue weighted by atomic mass is 32.1. The second kappa shape index (κ2) is 10.7. The number of hydrogen-bond acceptors (Lipinski definition) is 6. The van der Waals surface area contributed by atoms with Crippen molar-refractivity contribution in [2.24, 2.45) is 0 Å². The van der Waals surface area contributed by atoms with E-state index in [-0.39, 0.29) is 18.1 Å². The molecule has 0 saturated carbocycles. The van der Waals surface area contributed by atoms with Gasteiger partial charge in [0.2, 0.25) is 0 Å². The van der Waals surface area contributed by atoms with Crippen LogP contribution < -0.4 is 10.1 Å². The first-order valence-electron chi connectivity index (χ1n) is 11.5. The summed E-state index contributed by atoms with van der Waals surface area (Å²) in [7, 11) is 0. The van der Waals surface area contributed by atoms with Crippen LogP contribution in [0.15, 0.2) is 60.2 Å². The molecule has 0 radical (unpaired) electrons. The topological polar surface area (TPSA) is 99.7 Å². The highest BCUT2D eigenvalue weighted by molar-refractivity contribution is 7.15. The lowest BCUT2D eigenvalue weighted by Crippen LogP contribution is -2.38. The molecular formula is C27H28N4O3S. The molecule has 0 fully saturated rings. The zero-order chi connectivity index (χ0) is 24.9. The number of imidazole rings is 1. The van der Waals surface area contributed by atoms with Gasteiger partial charge in [-0.15, -0.1) is 11.3 Å². The summed E-state index contributed by atoms with van der Waals surface area (Å²) in [4.78, 5) is 18.6. The Morgan fingerprint density at radius 2 is 2.00 bits per heavy atom. The van der Waals surface area contributed by atoms with Crippen molar-refractivity contribution in [3.8, 4) is 23.1 Å². The number of hydrogen-bond donors (Lipinski definition) is 2. The molecule has 2 heterocycles. The number of thiazole rings is 1. The van der Waals surface area contributed by atoms with Crippen molar-refractivity contribution in [2.45, 2.75) is 51.9 Å². The van der Waals surface area contributed by atoms with Gasteiger partial charge in [-0.3, -0.25) is 9.20 Å². The van der Waals surface area contributed by atoms with Gasteiger partial charge in [-0.2, -0.15) is 5.26 Å². The summed E-state index contributed by atoms with van der Waals surface area (Å²) in [6.45, 7) is 5.47. The Kier molecular flexibility index (Phi) is 7.49. The number of aliphatic hydroxyl groups is 1. The van der Waals surface area contributed by atoms with Crippen LogP contribution in [0.3, 0.4) is 0 Å². The van der Waals surface area contributed by atoms with Crippen LogP contribution in [-0.2, 0) is 6.42 Å². The second-order valence-electron chi connectivity index (χ2n) is 8.86. The maximum Gasteiger partial charge on any atom is 0.251 e. The number of aliphatic hydroxyl groups excluding tert-OH is 1. The van der Waals surface area contributed by atoms with E-state index in [2.05, 4.69) is 16.4 Å². The lowest BCUT2D eigenvalue weighted by Gasteiger charge is -2.21. The molecule has 0 saturated heterocycles. The minimum atomic E-state index is -0.574. The van der Waals surface area contributed by atoms with E-state index in [1.54, 1.807) is 30.4 Å². The SMILES string of the molecule is CC(O)C[C@H](Cc1ccc(-c2cn3ccsc3n2)cc1)NC(=O)c1ccc(OC(C)C)c(C#N)c1. The Hall–Kier alpha value is -3.67. The highest BCUT2D eigenvalue weighted by Crippen LogP contribution is 2.23. The molecule has 0 bridgehead atoms. The Labute approximate surface area is 208 Å². The van der Waals surface area contributed by atoms with Crippen LogP contribution in [-0.4, -0.2) is 38.6 Å². The van der Waals surface area contributed by atoms with Gasteiger partial charge in [-0.25, -0.2) is 4.98 Å². The summed E-state index contributed by atoms with van der Waals surface area (Å²) >= 11 is 1.59. The van der Waals surface area contributed by atoms with E-state index < -0.39 is 6.10 Å². The molecule has 1 unspecified atom stereocenters. The fraction of sp³-hybridized carbons (Fsp3) is 0.296. The van der Waals surface area contributed by atoms with Gasteiger partial charge < -0.3 is 15.2 Å². The predicted octanol–water partition coefficient (Wildman–Crippen LogP) is 4.83. The number of nitrogens with zero attached hydrogens (tertiary/aromatic N) is 3. The Morgan fingerprint density at radius 1 is 1.23 bits per heavy atom. The third kappa shape index (κ3) is 6.07. The lowest BCUT2D eigenvalue weighted by molar-refractivity contribution is 0.0917. The molecular weight excluding hydrogens is 460 g/mol. The Balaban J connectivity index is 1.47. The van der Waals surface area contributed by atoms with Gasteiger partial charge >= 0.3 is 0 Å². The number of aromatic nitrogens is 2. The number of carbonyl (C=O) groups excluding carboxylic acids is 1. The fourth-order valence-corrected chi connectivity index (χ4v) is 4.65. The van der Waals surface area contributed by atoms with Gasteiger partial charge in [0.05, 0.1) is 23.5 Å². The summed E-state index contributed by atoms with van der Waals surface area (Å²) < 4.78 is 7.65. The molecule has 0 spiro atoms. The molecule has 4 aromatic rings. The molecule has 8 heteroatoms. The van der Waals surface area contributed by atoms with Crippen molar-refractivity contribution in [2.75, 3.05) is 0 Å². The summed E-state index contributed by atoms with van der Waals surface area (Å²) in [5.41, 5.74) is 3.67. The van der Waals surface area contributed by atoms with Crippen LogP contribution in [0.4, 0.5) is 0 Å². The summed E-state index contributed by atoms with van der Waals surface area (Å²) in [6, 6.07) is 14.8. The summed E-state index contributed by atoms with van der Waals surface area (Å²) in [5.74, 6) is 0.162. The van der Waals surface area contributed by atoms with Gasteiger partial charge in [-0.05, 0) is 57.4 Å². The number of ether oxygens (including phenoxy) is 1. The van der Waals surface area contributed by atoms with Crippen molar-refractivity contribution < 1.29 is 14.6 Å². The second-order valence-corrected chi connectivity index (χ2v) is 9.74. The van der Waals surface area contributed by atoms with E-state index in [0.717, 1.165) is 21.8 Å². The van der Waals surface area contributed by atoms with Crippen molar-refractivity contribution >= 4 is 22.2 Å². The minimum Gasteiger partial charge on any atom is -0.490 e. The van der Waals surface area contributed by atoms with Crippen molar-refractivity contribution in [1.29, 1.82) is 5.26 Å². The summed E-state index contributed by atoms with van der Waals surface area (Å²) in [5, 5.41) is 24.5. The molecule has 2 N–H and O–H groups in total. The largest absolute Gasteiger partial charge is 0.490 e. The lowest BCUT2D eigenvalue weighted by atomic mass is 9.99. The maximum atomic E-state index is 13.0. The Bertz CT molecular complexity index is 1320. The van der Waals surface area contributed by atoms with Gasteiger partial charge in [0.25, 0.3) is 5.91 Å². The molecule has 0 aliphatic heterocycles. The van der Waals surface area contributed by atoms with E-state index in [0.29, 0.717) is 29.7 Å². The number of amides is 1. The van der Waals surface area contributed by atoms with Crippen LogP contribution in [0.25, 0.3) is 16.2 Å². The molecule has 180 valence electrons. The third-order valence-electron chi connectivity index (χ3n) is 5.51. The first kappa shape index (κ1) is 24.5. The van der Waals surface area contributed by atoms with Crippen molar-refractivity contribution in [3.63, 3.8) is 0 Å². The number of nitriles is 1. The van der Waals surface area contributed by atoms with Crippen LogP contribution in [0, 0.1) is 11.3 Å². The molecule has 1 amide bonds. The molecule has 2 atom stereocenters. The van der Waals surface area contributed by atoms with Gasteiger partial charge in [-0.1, -0.05) is 24.3 Å². The standard InChI is InChI=1S/C27H28N4O3S/c1-17(2)34-25-9-8-21(14-22(25)15-28)26(33)29-23(12-18(3)32)13-19-4-6-20(7-5-19)24-16-31-10-11-35-27(31)30-24/h4-11,14,16-18,23,32H,12-13H2,1-3H3,(H,29,33)/t18?,23-/m1/s1. The van der Waals surface area contributed by atoms with Gasteiger partial charge in [0.1, 0.15) is 11.8 Å². The zero-order valence-corrected chi connectivity index (χ0v) is 20.7. The molecule has 7 nitrogen and oxygen atoms in total. The summed E-state index contributed by atoms with van der Waals surface area (Å²) in [6.07, 6.45) is 4.31. The fourth-order valence-electron chi connectivity index (χ4n) is 3.95. The number of fused-ring (bicyclic) bond motifs is 1. The molecule has 2 aromatic heterocycles. The predicted molar refractivity (Wildman–Crippen MR) is 137 cm³/mol. The first-order valence-corrected chi connectivity index (χ1v) is 12.4. The van der Waals surface area contributed by atoms with E-state index in [1.807, 2.05) is 60.3 Å². The average Bonchev–Trinajstić information content (AvgIpc) is 3.41. The highest BCUT2D eigenvalue weighted by Gasteiger charge is 2.18. The van der Waals surface area contributed by atoms with Crippen LogP contribution in [0.1, 0.15) is 48.7 Å². The monoisotopic (exact) mass is 488 g/mol. The van der Waals surface area contributed by atoms with Gasteiger partial charge in [0.15, 0.2) is 4.96 Å². The molecule has 35 heavy (non-hydrogen) atoms. The normalized spacial score (nSPS) is 12.9. The van der Waals surface area contributed by atoms with Crippen LogP contribution >= 0.6 is 11.3 Å². The van der Waals surface area contributed by atoms with E-state index in [4.69, 9.17) is 4.74 Å². The van der Waals surface area contributed by atoms with Crippen molar-refractivity contribution in [3.05, 3.63) is 76.9 Å². The van der Waals surface area contributed by atoms with E-state index in [1.165, 1.54) is 6.07 Å². The number of nitrogens with one attached hydrogen (secondary N) is 1. The third-order valence-corrected chi connectivity index (χ3v) is 6.28. The molecule has 0 aliphatic carbocycles.